The quantitative estimate of drug-likeness (QED) is 0.693. The normalized spacial score (nSPS) is 34.6. The minimum atomic E-state index is -0.147. The number of hydrogen-bond acceptors (Lipinski definition) is 1. The van der Waals surface area contributed by atoms with E-state index in [0.29, 0.717) is 16.8 Å². The predicted octanol–water partition coefficient (Wildman–Crippen LogP) is 2.55. The Kier molecular flexibility index (Phi) is 2.95. The van der Waals surface area contributed by atoms with Gasteiger partial charge >= 0.3 is 0 Å². The van der Waals surface area contributed by atoms with Gasteiger partial charge in [-0.25, -0.2) is 0 Å². The van der Waals surface area contributed by atoms with Crippen molar-refractivity contribution in [3.63, 3.8) is 0 Å². The molecule has 0 aromatic heterocycles. The Hall–Kier alpha value is -0.470. The first-order valence-corrected chi connectivity index (χ1v) is 7.85. The second-order valence-corrected chi connectivity index (χ2v) is 7.11. The van der Waals surface area contributed by atoms with Crippen LogP contribution >= 0.6 is 0 Å². The van der Waals surface area contributed by atoms with Crippen molar-refractivity contribution in [2.24, 2.45) is 5.92 Å². The number of hydrogen-bond donors (Lipinski definition) is 1. The molecule has 1 fully saturated rings. The van der Waals surface area contributed by atoms with Gasteiger partial charge in [0.1, 0.15) is 11.5 Å². The van der Waals surface area contributed by atoms with Crippen molar-refractivity contribution in [3.05, 3.63) is 34.8 Å². The molecular weight excluding hydrogens is 216 g/mol. The Morgan fingerprint density at radius 3 is 2.81 bits per heavy atom. The maximum atomic E-state index is 10.0. The molecule has 1 aliphatic heterocycles. The molecule has 2 aliphatic carbocycles. The van der Waals surface area contributed by atoms with Crippen molar-refractivity contribution < 1.29 is 5.11 Å². The molecule has 2 unspecified atom stereocenters. The van der Waals surface area contributed by atoms with Crippen molar-refractivity contribution in [1.29, 1.82) is 0 Å². The standard InChI is InChI=1S/C14H19OS/c15-13-7-8-14(16-9-3-4-10-16)12-6-2-1-5-11(12)13/h1-2,6,8,11,13,15H,3-5,7,9-10H2/q+1. The van der Waals surface area contributed by atoms with Gasteiger partial charge in [-0.15, -0.1) is 0 Å². The zero-order valence-electron chi connectivity index (χ0n) is 9.56. The fourth-order valence-electron chi connectivity index (χ4n) is 2.95. The summed E-state index contributed by atoms with van der Waals surface area (Å²) in [5, 5.41) is 10.0. The lowest BCUT2D eigenvalue weighted by atomic mass is 9.81. The highest BCUT2D eigenvalue weighted by Crippen LogP contribution is 2.40. The van der Waals surface area contributed by atoms with Crippen molar-refractivity contribution >= 4 is 10.9 Å². The molecule has 2 heteroatoms. The van der Waals surface area contributed by atoms with E-state index in [1.807, 2.05) is 0 Å². The zero-order valence-corrected chi connectivity index (χ0v) is 10.4. The third-order valence-corrected chi connectivity index (χ3v) is 6.42. The second-order valence-electron chi connectivity index (χ2n) is 4.87. The summed E-state index contributed by atoms with van der Waals surface area (Å²) in [6, 6.07) is 0. The van der Waals surface area contributed by atoms with E-state index >= 15 is 0 Å². The molecule has 1 N–H and O–H groups in total. The van der Waals surface area contributed by atoms with Crippen molar-refractivity contribution in [1.82, 2.24) is 0 Å². The average molecular weight is 235 g/mol. The maximum Gasteiger partial charge on any atom is 0.154 e. The van der Waals surface area contributed by atoms with E-state index in [-0.39, 0.29) is 6.10 Å². The third-order valence-electron chi connectivity index (χ3n) is 3.84. The molecule has 0 spiro atoms. The lowest BCUT2D eigenvalue weighted by Gasteiger charge is -2.30. The minimum Gasteiger partial charge on any atom is -0.392 e. The van der Waals surface area contributed by atoms with Crippen LogP contribution in [0, 0.1) is 5.92 Å². The molecule has 0 radical (unpaired) electrons. The van der Waals surface area contributed by atoms with E-state index in [1.54, 1.807) is 4.91 Å². The Bertz CT molecular complexity index is 361. The van der Waals surface area contributed by atoms with Crippen LogP contribution < -0.4 is 0 Å². The van der Waals surface area contributed by atoms with Crippen LogP contribution in [-0.2, 0) is 10.9 Å². The van der Waals surface area contributed by atoms with Gasteiger partial charge in [-0.3, -0.25) is 0 Å². The summed E-state index contributed by atoms with van der Waals surface area (Å²) in [7, 11) is 0.501. The topological polar surface area (TPSA) is 20.2 Å². The molecule has 0 aromatic rings. The number of rotatable bonds is 1. The van der Waals surface area contributed by atoms with Gasteiger partial charge in [-0.2, -0.15) is 0 Å². The SMILES string of the molecule is OC1CC=C([S+]2CCCC2)C2=CC=CCC21. The van der Waals surface area contributed by atoms with Crippen LogP contribution in [0.5, 0.6) is 0 Å². The molecule has 0 bridgehead atoms. The summed E-state index contributed by atoms with van der Waals surface area (Å²) in [5.74, 6) is 3.16. The Labute approximate surface area is 100 Å². The van der Waals surface area contributed by atoms with E-state index in [4.69, 9.17) is 0 Å². The number of fused-ring (bicyclic) bond motifs is 1. The van der Waals surface area contributed by atoms with Crippen LogP contribution in [0.25, 0.3) is 0 Å². The van der Waals surface area contributed by atoms with Gasteiger partial charge in [0, 0.05) is 22.4 Å². The van der Waals surface area contributed by atoms with Crippen LogP contribution in [0.3, 0.4) is 0 Å². The number of allylic oxidation sites excluding steroid dienone is 4. The minimum absolute atomic E-state index is 0.147. The van der Waals surface area contributed by atoms with Gasteiger partial charge < -0.3 is 5.11 Å². The molecule has 0 saturated carbocycles. The van der Waals surface area contributed by atoms with E-state index in [9.17, 15) is 5.11 Å². The molecule has 16 heavy (non-hydrogen) atoms. The summed E-state index contributed by atoms with van der Waals surface area (Å²) in [6.07, 6.45) is 13.5. The van der Waals surface area contributed by atoms with E-state index in [0.717, 1.165) is 12.8 Å². The fourth-order valence-corrected chi connectivity index (χ4v) is 5.58. The van der Waals surface area contributed by atoms with Gasteiger partial charge in [0.05, 0.1) is 6.10 Å². The fraction of sp³-hybridized carbons (Fsp3) is 0.571. The van der Waals surface area contributed by atoms with Gasteiger partial charge in [0.2, 0.25) is 0 Å². The first-order valence-electron chi connectivity index (χ1n) is 6.29. The van der Waals surface area contributed by atoms with E-state index < -0.39 is 0 Å². The average Bonchev–Trinajstić information content (AvgIpc) is 2.83. The second kappa shape index (κ2) is 4.42. The molecule has 1 heterocycles. The molecule has 3 rings (SSSR count). The van der Waals surface area contributed by atoms with Crippen molar-refractivity contribution in [3.8, 4) is 0 Å². The highest BCUT2D eigenvalue weighted by molar-refractivity contribution is 8.01. The lowest BCUT2D eigenvalue weighted by molar-refractivity contribution is 0.125. The molecule has 3 aliphatic rings. The molecule has 2 atom stereocenters. The summed E-state index contributed by atoms with van der Waals surface area (Å²) < 4.78 is 0. The molecule has 86 valence electrons. The Balaban J connectivity index is 1.91. The third kappa shape index (κ3) is 1.78. The predicted molar refractivity (Wildman–Crippen MR) is 70.4 cm³/mol. The van der Waals surface area contributed by atoms with Crippen LogP contribution in [-0.4, -0.2) is 22.7 Å². The van der Waals surface area contributed by atoms with Gasteiger partial charge in [-0.05, 0) is 31.8 Å². The number of aliphatic hydroxyl groups is 1. The summed E-state index contributed by atoms with van der Waals surface area (Å²) >= 11 is 0. The van der Waals surface area contributed by atoms with Crippen molar-refractivity contribution in [2.45, 2.75) is 31.8 Å². The molecule has 0 amide bonds. The van der Waals surface area contributed by atoms with E-state index in [2.05, 4.69) is 24.3 Å². The Morgan fingerprint density at radius 1 is 1.19 bits per heavy atom. The van der Waals surface area contributed by atoms with Crippen LogP contribution in [0.15, 0.2) is 34.8 Å². The molecular formula is C14H19OS+. The number of aliphatic hydroxyl groups excluding tert-OH is 1. The summed E-state index contributed by atoms with van der Waals surface area (Å²) in [4.78, 5) is 1.59. The highest BCUT2D eigenvalue weighted by Gasteiger charge is 2.39. The zero-order chi connectivity index (χ0) is 11.0. The highest BCUT2D eigenvalue weighted by atomic mass is 32.2. The van der Waals surface area contributed by atoms with Crippen LogP contribution in [0.1, 0.15) is 25.7 Å². The van der Waals surface area contributed by atoms with Crippen LogP contribution in [0.4, 0.5) is 0 Å². The molecule has 1 saturated heterocycles. The first kappa shape index (κ1) is 10.7. The largest absolute Gasteiger partial charge is 0.392 e. The first-order chi connectivity index (χ1) is 7.86. The molecule has 0 aromatic carbocycles. The van der Waals surface area contributed by atoms with E-state index in [1.165, 1.54) is 29.9 Å². The Morgan fingerprint density at radius 2 is 2.00 bits per heavy atom. The molecule has 1 nitrogen and oxygen atoms in total. The summed E-state index contributed by atoms with van der Waals surface area (Å²) in [6.45, 7) is 0. The monoisotopic (exact) mass is 235 g/mol. The van der Waals surface area contributed by atoms with Gasteiger partial charge in [-0.1, -0.05) is 18.2 Å². The lowest BCUT2D eigenvalue weighted by Crippen LogP contribution is -2.29. The summed E-state index contributed by atoms with van der Waals surface area (Å²) in [5.41, 5.74) is 1.45. The van der Waals surface area contributed by atoms with Gasteiger partial charge in [0.15, 0.2) is 4.91 Å². The van der Waals surface area contributed by atoms with Gasteiger partial charge in [0.25, 0.3) is 0 Å². The smallest absolute Gasteiger partial charge is 0.154 e. The van der Waals surface area contributed by atoms with Crippen LogP contribution in [0.2, 0.25) is 0 Å². The maximum absolute atomic E-state index is 10.0. The van der Waals surface area contributed by atoms with Crippen molar-refractivity contribution in [2.75, 3.05) is 11.5 Å².